The summed E-state index contributed by atoms with van der Waals surface area (Å²) in [6, 6.07) is 8.78. The molecule has 96 valence electrons. The van der Waals surface area contributed by atoms with Gasteiger partial charge >= 0.3 is 0 Å². The van der Waals surface area contributed by atoms with Crippen LogP contribution in [0, 0.1) is 5.92 Å². The van der Waals surface area contributed by atoms with Crippen molar-refractivity contribution >= 4 is 5.69 Å². The molecule has 2 atom stereocenters. The fourth-order valence-corrected chi connectivity index (χ4v) is 1.89. The second-order valence-electron chi connectivity index (χ2n) is 4.96. The van der Waals surface area contributed by atoms with Gasteiger partial charge in [-0.2, -0.15) is 0 Å². The average Bonchev–Trinajstić information content (AvgIpc) is 2.35. The molecule has 0 aliphatic rings. The highest BCUT2D eigenvalue weighted by molar-refractivity contribution is 5.47. The lowest BCUT2D eigenvalue weighted by atomic mass is 9.94. The Hall–Kier alpha value is -1.06. The maximum absolute atomic E-state index is 5.67. The Morgan fingerprint density at radius 3 is 2.59 bits per heavy atom. The van der Waals surface area contributed by atoms with Crippen LogP contribution in [0.5, 0.6) is 0 Å². The Bertz CT molecular complexity index is 336. The molecule has 1 rings (SSSR count). The average molecular weight is 235 g/mol. The van der Waals surface area contributed by atoms with E-state index in [0.29, 0.717) is 5.92 Å². The van der Waals surface area contributed by atoms with E-state index in [1.165, 1.54) is 17.7 Å². The van der Waals surface area contributed by atoms with Crippen molar-refractivity contribution in [3.8, 4) is 0 Å². The Balaban J connectivity index is 2.84. The van der Waals surface area contributed by atoms with Gasteiger partial charge in [0, 0.05) is 25.8 Å². The van der Waals surface area contributed by atoms with Gasteiger partial charge < -0.3 is 4.90 Å². The summed E-state index contributed by atoms with van der Waals surface area (Å²) in [4.78, 5) is 2.11. The van der Waals surface area contributed by atoms with Crippen molar-refractivity contribution in [2.45, 2.75) is 32.7 Å². The van der Waals surface area contributed by atoms with Crippen LogP contribution in [-0.2, 0) is 0 Å². The van der Waals surface area contributed by atoms with Crippen molar-refractivity contribution in [1.29, 1.82) is 0 Å². The zero-order valence-corrected chi connectivity index (χ0v) is 11.4. The second kappa shape index (κ2) is 6.62. The molecule has 1 aromatic carbocycles. The van der Waals surface area contributed by atoms with Crippen LogP contribution in [0.25, 0.3) is 0 Å². The van der Waals surface area contributed by atoms with Gasteiger partial charge in [0.15, 0.2) is 0 Å². The summed E-state index contributed by atoms with van der Waals surface area (Å²) in [6.07, 6.45) is 2.26. The van der Waals surface area contributed by atoms with Crippen LogP contribution < -0.4 is 16.2 Å². The maximum atomic E-state index is 5.67. The lowest BCUT2D eigenvalue weighted by molar-refractivity contribution is 0.408. The van der Waals surface area contributed by atoms with E-state index in [1.54, 1.807) is 0 Å². The number of hydrazine groups is 1. The normalized spacial score (nSPS) is 14.4. The molecule has 0 aromatic heterocycles. The number of nitrogens with one attached hydrogen (secondary N) is 1. The molecule has 0 saturated heterocycles. The van der Waals surface area contributed by atoms with Crippen LogP contribution in [0.3, 0.4) is 0 Å². The number of hydrogen-bond donors (Lipinski definition) is 2. The topological polar surface area (TPSA) is 41.3 Å². The Labute approximate surface area is 105 Å². The quantitative estimate of drug-likeness (QED) is 0.588. The van der Waals surface area contributed by atoms with E-state index in [-0.39, 0.29) is 6.04 Å². The van der Waals surface area contributed by atoms with Gasteiger partial charge in [-0.15, -0.1) is 0 Å². The molecule has 3 nitrogen and oxygen atoms in total. The van der Waals surface area contributed by atoms with Crippen LogP contribution in [0.4, 0.5) is 5.69 Å². The molecule has 3 N–H and O–H groups in total. The van der Waals surface area contributed by atoms with Gasteiger partial charge in [0.1, 0.15) is 0 Å². The molecule has 0 saturated carbocycles. The lowest BCUT2D eigenvalue weighted by Gasteiger charge is -2.21. The van der Waals surface area contributed by atoms with Crippen molar-refractivity contribution in [1.82, 2.24) is 5.43 Å². The molecular formula is C14H25N3. The Kier molecular flexibility index (Phi) is 5.45. The molecule has 0 aliphatic heterocycles. The van der Waals surface area contributed by atoms with Crippen LogP contribution in [0.1, 0.15) is 38.3 Å². The highest BCUT2D eigenvalue weighted by atomic mass is 15.2. The predicted molar refractivity (Wildman–Crippen MR) is 74.9 cm³/mol. The molecule has 0 fully saturated rings. The molecule has 0 amide bonds. The number of benzene rings is 1. The standard InChI is InChI=1S/C14H25N3/c1-5-11(2)9-14(16-15)12-7-6-8-13(10-12)17(3)4/h6-8,10-11,14,16H,5,9,15H2,1-4H3. The van der Waals surface area contributed by atoms with Crippen LogP contribution in [0.15, 0.2) is 24.3 Å². The maximum Gasteiger partial charge on any atom is 0.0463 e. The third-order valence-electron chi connectivity index (χ3n) is 3.33. The van der Waals surface area contributed by atoms with E-state index < -0.39 is 0 Å². The summed E-state index contributed by atoms with van der Waals surface area (Å²) in [7, 11) is 4.11. The smallest absolute Gasteiger partial charge is 0.0463 e. The SMILES string of the molecule is CCC(C)CC(NN)c1cccc(N(C)C)c1. The van der Waals surface area contributed by atoms with Crippen molar-refractivity contribution in [2.75, 3.05) is 19.0 Å². The molecule has 0 radical (unpaired) electrons. The summed E-state index contributed by atoms with van der Waals surface area (Å²) >= 11 is 0. The van der Waals surface area contributed by atoms with Gasteiger partial charge in [-0.3, -0.25) is 11.3 Å². The lowest BCUT2D eigenvalue weighted by Crippen LogP contribution is -2.29. The van der Waals surface area contributed by atoms with Crippen LogP contribution in [0.2, 0.25) is 0 Å². The number of nitrogens with two attached hydrogens (primary N) is 1. The van der Waals surface area contributed by atoms with Gasteiger partial charge in [-0.25, -0.2) is 0 Å². The van der Waals surface area contributed by atoms with Crippen molar-refractivity contribution in [2.24, 2.45) is 11.8 Å². The number of hydrogen-bond acceptors (Lipinski definition) is 3. The third kappa shape index (κ3) is 4.02. The molecule has 0 bridgehead atoms. The highest BCUT2D eigenvalue weighted by Crippen LogP contribution is 2.25. The van der Waals surface area contributed by atoms with Gasteiger partial charge in [0.25, 0.3) is 0 Å². The number of nitrogens with zero attached hydrogens (tertiary/aromatic N) is 1. The third-order valence-corrected chi connectivity index (χ3v) is 3.33. The predicted octanol–water partition coefficient (Wildman–Crippen LogP) is 2.69. The van der Waals surface area contributed by atoms with E-state index in [4.69, 9.17) is 5.84 Å². The van der Waals surface area contributed by atoms with Crippen molar-refractivity contribution in [3.63, 3.8) is 0 Å². The molecule has 3 heteroatoms. The number of anilines is 1. The van der Waals surface area contributed by atoms with Crippen molar-refractivity contribution in [3.05, 3.63) is 29.8 Å². The van der Waals surface area contributed by atoms with Gasteiger partial charge in [0.05, 0.1) is 0 Å². The molecule has 0 spiro atoms. The van der Waals surface area contributed by atoms with Crippen LogP contribution in [-0.4, -0.2) is 14.1 Å². The molecule has 17 heavy (non-hydrogen) atoms. The Morgan fingerprint density at radius 1 is 1.35 bits per heavy atom. The molecule has 1 aromatic rings. The molecular weight excluding hydrogens is 210 g/mol. The van der Waals surface area contributed by atoms with Gasteiger partial charge in [-0.05, 0) is 30.0 Å². The zero-order valence-electron chi connectivity index (χ0n) is 11.4. The zero-order chi connectivity index (χ0) is 12.8. The summed E-state index contributed by atoms with van der Waals surface area (Å²) in [5, 5.41) is 0. The molecule has 2 unspecified atom stereocenters. The first-order chi connectivity index (χ1) is 8.08. The highest BCUT2D eigenvalue weighted by Gasteiger charge is 2.13. The van der Waals surface area contributed by atoms with E-state index >= 15 is 0 Å². The Morgan fingerprint density at radius 2 is 2.06 bits per heavy atom. The minimum Gasteiger partial charge on any atom is -0.378 e. The van der Waals surface area contributed by atoms with Gasteiger partial charge in [-0.1, -0.05) is 32.4 Å². The molecule has 0 heterocycles. The van der Waals surface area contributed by atoms with E-state index in [9.17, 15) is 0 Å². The van der Waals surface area contributed by atoms with E-state index in [2.05, 4.69) is 62.5 Å². The monoisotopic (exact) mass is 235 g/mol. The number of rotatable bonds is 6. The minimum atomic E-state index is 0.241. The van der Waals surface area contributed by atoms with E-state index in [1.807, 2.05) is 0 Å². The van der Waals surface area contributed by atoms with Gasteiger partial charge in [0.2, 0.25) is 0 Å². The first-order valence-electron chi connectivity index (χ1n) is 6.31. The first-order valence-corrected chi connectivity index (χ1v) is 6.31. The van der Waals surface area contributed by atoms with Crippen LogP contribution >= 0.6 is 0 Å². The summed E-state index contributed by atoms with van der Waals surface area (Å²) in [5.41, 5.74) is 5.41. The summed E-state index contributed by atoms with van der Waals surface area (Å²) < 4.78 is 0. The fourth-order valence-electron chi connectivity index (χ4n) is 1.89. The van der Waals surface area contributed by atoms with Crippen molar-refractivity contribution < 1.29 is 0 Å². The second-order valence-corrected chi connectivity index (χ2v) is 4.96. The van der Waals surface area contributed by atoms with E-state index in [0.717, 1.165) is 6.42 Å². The molecule has 0 aliphatic carbocycles. The first kappa shape index (κ1) is 14.0. The summed E-state index contributed by atoms with van der Waals surface area (Å²) in [5.74, 6) is 6.35. The summed E-state index contributed by atoms with van der Waals surface area (Å²) in [6.45, 7) is 4.48. The minimum absolute atomic E-state index is 0.241. The fraction of sp³-hybridized carbons (Fsp3) is 0.571. The largest absolute Gasteiger partial charge is 0.378 e.